The van der Waals surface area contributed by atoms with Crippen molar-refractivity contribution in [2.75, 3.05) is 25.1 Å². The van der Waals surface area contributed by atoms with E-state index >= 15 is 0 Å². The first-order valence-electron chi connectivity index (χ1n) is 5.90. The first-order valence-corrected chi connectivity index (χ1v) is 6.85. The van der Waals surface area contributed by atoms with Gasteiger partial charge in [0, 0.05) is 18.5 Å². The molecule has 0 aliphatic carbocycles. The number of aliphatic hydroxyl groups is 1. The van der Waals surface area contributed by atoms with Gasteiger partial charge in [0.25, 0.3) is 0 Å². The van der Waals surface area contributed by atoms with E-state index in [0.29, 0.717) is 12.5 Å². The first-order chi connectivity index (χ1) is 8.58. The summed E-state index contributed by atoms with van der Waals surface area (Å²) >= 11 is 1.51. The maximum absolute atomic E-state index is 11.4. The predicted molar refractivity (Wildman–Crippen MR) is 73.0 cm³/mol. The highest BCUT2D eigenvalue weighted by molar-refractivity contribution is 7.08. The highest BCUT2D eigenvalue weighted by Gasteiger charge is 2.07. The molecule has 1 heterocycles. The minimum absolute atomic E-state index is 0.175. The molecule has 1 unspecified atom stereocenters. The van der Waals surface area contributed by atoms with Crippen LogP contribution in [0.1, 0.15) is 13.8 Å². The number of amides is 2. The highest BCUT2D eigenvalue weighted by atomic mass is 32.1. The molecule has 1 rings (SSSR count). The third-order valence-corrected chi connectivity index (χ3v) is 2.72. The first kappa shape index (κ1) is 14.9. The van der Waals surface area contributed by atoms with Crippen molar-refractivity contribution in [1.82, 2.24) is 5.32 Å². The molecule has 0 saturated carbocycles. The van der Waals surface area contributed by atoms with E-state index in [1.54, 1.807) is 0 Å². The minimum atomic E-state index is -0.683. The highest BCUT2D eigenvalue weighted by Crippen LogP contribution is 2.11. The lowest BCUT2D eigenvalue weighted by Crippen LogP contribution is -2.37. The molecule has 102 valence electrons. The van der Waals surface area contributed by atoms with E-state index in [0.717, 1.165) is 5.69 Å². The smallest absolute Gasteiger partial charge is 0.319 e. The Morgan fingerprint density at radius 1 is 1.50 bits per heavy atom. The Labute approximate surface area is 111 Å². The number of ether oxygens (including phenoxy) is 1. The number of urea groups is 1. The largest absolute Gasteiger partial charge is 0.389 e. The maximum atomic E-state index is 11.4. The average molecular weight is 272 g/mol. The molecule has 0 aliphatic heterocycles. The van der Waals surface area contributed by atoms with E-state index in [9.17, 15) is 9.90 Å². The molecule has 0 aromatic carbocycles. The van der Waals surface area contributed by atoms with Gasteiger partial charge in [0.1, 0.15) is 0 Å². The van der Waals surface area contributed by atoms with Gasteiger partial charge in [-0.2, -0.15) is 11.3 Å². The van der Waals surface area contributed by atoms with Crippen molar-refractivity contribution in [3.63, 3.8) is 0 Å². The number of carbonyl (C=O) groups excluding carboxylic acids is 1. The topological polar surface area (TPSA) is 70.6 Å². The van der Waals surface area contributed by atoms with Gasteiger partial charge in [-0.05, 0) is 17.4 Å². The van der Waals surface area contributed by atoms with E-state index in [4.69, 9.17) is 4.74 Å². The molecule has 0 saturated heterocycles. The molecule has 0 bridgehead atoms. The van der Waals surface area contributed by atoms with E-state index in [1.165, 1.54) is 11.3 Å². The minimum Gasteiger partial charge on any atom is -0.389 e. The van der Waals surface area contributed by atoms with Crippen LogP contribution in [0.4, 0.5) is 10.5 Å². The molecule has 1 atom stereocenters. The molecule has 0 fully saturated rings. The predicted octanol–water partition coefficient (Wildman–Crippen LogP) is 1.90. The van der Waals surface area contributed by atoms with Gasteiger partial charge >= 0.3 is 6.03 Å². The van der Waals surface area contributed by atoms with Crippen molar-refractivity contribution < 1.29 is 14.6 Å². The van der Waals surface area contributed by atoms with E-state index in [2.05, 4.69) is 10.6 Å². The van der Waals surface area contributed by atoms with E-state index in [-0.39, 0.29) is 19.2 Å². The number of hydrogen-bond acceptors (Lipinski definition) is 4. The van der Waals surface area contributed by atoms with Crippen molar-refractivity contribution in [3.05, 3.63) is 16.8 Å². The Kier molecular flexibility index (Phi) is 6.70. The summed E-state index contributed by atoms with van der Waals surface area (Å²) in [5.41, 5.74) is 0.753. The second-order valence-electron chi connectivity index (χ2n) is 4.43. The molecule has 3 N–H and O–H groups in total. The second-order valence-corrected chi connectivity index (χ2v) is 5.21. The average Bonchev–Trinajstić information content (AvgIpc) is 2.78. The molecule has 2 amide bonds. The van der Waals surface area contributed by atoms with Crippen molar-refractivity contribution in [2.45, 2.75) is 20.0 Å². The van der Waals surface area contributed by atoms with Crippen LogP contribution in [-0.2, 0) is 4.74 Å². The lowest BCUT2D eigenvalue weighted by Gasteiger charge is -2.13. The Balaban J connectivity index is 2.10. The molecule has 0 spiro atoms. The van der Waals surface area contributed by atoms with Crippen molar-refractivity contribution in [3.8, 4) is 0 Å². The van der Waals surface area contributed by atoms with Crippen LogP contribution < -0.4 is 10.6 Å². The monoisotopic (exact) mass is 272 g/mol. The van der Waals surface area contributed by atoms with Gasteiger partial charge in [-0.25, -0.2) is 4.79 Å². The maximum Gasteiger partial charge on any atom is 0.319 e. The molecule has 18 heavy (non-hydrogen) atoms. The molecule has 1 aromatic rings. The fraction of sp³-hybridized carbons (Fsp3) is 0.583. The van der Waals surface area contributed by atoms with Gasteiger partial charge < -0.3 is 20.5 Å². The van der Waals surface area contributed by atoms with Gasteiger partial charge in [0.15, 0.2) is 0 Å². The van der Waals surface area contributed by atoms with Crippen LogP contribution in [0.5, 0.6) is 0 Å². The van der Waals surface area contributed by atoms with Crippen LogP contribution in [0.2, 0.25) is 0 Å². The fourth-order valence-electron chi connectivity index (χ4n) is 1.22. The number of carbonyl (C=O) groups is 1. The quantitative estimate of drug-likeness (QED) is 0.710. The molecule has 1 aromatic heterocycles. The Bertz CT molecular complexity index is 341. The summed E-state index contributed by atoms with van der Waals surface area (Å²) in [6.45, 7) is 5.10. The van der Waals surface area contributed by atoms with Crippen LogP contribution in [-0.4, -0.2) is 37.0 Å². The number of aliphatic hydroxyl groups excluding tert-OH is 1. The lowest BCUT2D eigenvalue weighted by atomic mass is 10.2. The Morgan fingerprint density at radius 3 is 2.89 bits per heavy atom. The van der Waals surface area contributed by atoms with Gasteiger partial charge in [-0.15, -0.1) is 0 Å². The summed E-state index contributed by atoms with van der Waals surface area (Å²) in [7, 11) is 0. The zero-order valence-electron chi connectivity index (χ0n) is 10.7. The van der Waals surface area contributed by atoms with Crippen molar-refractivity contribution in [1.29, 1.82) is 0 Å². The summed E-state index contributed by atoms with van der Waals surface area (Å²) in [6.07, 6.45) is -0.683. The van der Waals surface area contributed by atoms with Crippen molar-refractivity contribution >= 4 is 23.1 Å². The number of hydrogen-bond donors (Lipinski definition) is 3. The van der Waals surface area contributed by atoms with Crippen LogP contribution >= 0.6 is 11.3 Å². The standard InChI is InChI=1S/C12H20N2O3S/c1-9(2)6-17-7-11(15)5-13-12(16)14-10-3-4-18-8-10/h3-4,8-9,11,15H,5-7H2,1-2H3,(H2,13,14,16). The summed E-state index contributed by atoms with van der Waals surface area (Å²) < 4.78 is 5.27. The Hall–Kier alpha value is -1.11. The number of rotatable bonds is 7. The van der Waals surface area contributed by atoms with Crippen LogP contribution in [0.25, 0.3) is 0 Å². The Morgan fingerprint density at radius 2 is 2.28 bits per heavy atom. The fourth-order valence-corrected chi connectivity index (χ4v) is 1.81. The zero-order valence-corrected chi connectivity index (χ0v) is 11.5. The van der Waals surface area contributed by atoms with E-state index in [1.807, 2.05) is 30.7 Å². The van der Waals surface area contributed by atoms with Gasteiger partial charge in [-0.1, -0.05) is 13.8 Å². The van der Waals surface area contributed by atoms with Crippen LogP contribution in [0.3, 0.4) is 0 Å². The zero-order chi connectivity index (χ0) is 13.4. The molecular weight excluding hydrogens is 252 g/mol. The van der Waals surface area contributed by atoms with Gasteiger partial charge in [-0.3, -0.25) is 0 Å². The number of nitrogens with one attached hydrogen (secondary N) is 2. The van der Waals surface area contributed by atoms with Crippen LogP contribution in [0, 0.1) is 5.92 Å². The second kappa shape index (κ2) is 8.07. The van der Waals surface area contributed by atoms with Crippen molar-refractivity contribution in [2.24, 2.45) is 5.92 Å². The van der Waals surface area contributed by atoms with E-state index < -0.39 is 6.10 Å². The normalized spacial score (nSPS) is 12.4. The molecule has 6 heteroatoms. The molecule has 0 aliphatic rings. The SMILES string of the molecule is CC(C)COCC(O)CNC(=O)Nc1ccsc1. The lowest BCUT2D eigenvalue weighted by molar-refractivity contribution is 0.0274. The van der Waals surface area contributed by atoms with Gasteiger partial charge in [0.05, 0.1) is 18.4 Å². The molecule has 5 nitrogen and oxygen atoms in total. The third kappa shape index (κ3) is 6.58. The van der Waals surface area contributed by atoms with Gasteiger partial charge in [0.2, 0.25) is 0 Å². The molecular formula is C12H20N2O3S. The number of anilines is 1. The third-order valence-electron chi connectivity index (χ3n) is 2.04. The van der Waals surface area contributed by atoms with Crippen LogP contribution in [0.15, 0.2) is 16.8 Å². The molecule has 0 radical (unpaired) electrons. The summed E-state index contributed by atoms with van der Waals surface area (Å²) in [4.78, 5) is 11.4. The summed E-state index contributed by atoms with van der Waals surface area (Å²) in [5, 5.41) is 18.5. The summed E-state index contributed by atoms with van der Waals surface area (Å²) in [5.74, 6) is 0.437. The number of thiophene rings is 1. The summed E-state index contributed by atoms with van der Waals surface area (Å²) in [6, 6.07) is 1.49.